The third-order valence-electron chi connectivity index (χ3n) is 3.86. The van der Waals surface area contributed by atoms with E-state index in [-0.39, 0.29) is 17.9 Å². The summed E-state index contributed by atoms with van der Waals surface area (Å²) in [6.07, 6.45) is 3.33. The second-order valence-corrected chi connectivity index (χ2v) is 6.37. The number of carbonyl (C=O) groups excluding carboxylic acids is 1. The number of hydrogen-bond donors (Lipinski definition) is 2. The molecule has 0 heterocycles. The van der Waals surface area contributed by atoms with E-state index in [0.717, 1.165) is 25.7 Å². The van der Waals surface area contributed by atoms with Crippen LogP contribution in [-0.2, 0) is 9.53 Å². The van der Waals surface area contributed by atoms with Crippen molar-refractivity contribution in [1.29, 1.82) is 0 Å². The van der Waals surface area contributed by atoms with Crippen molar-refractivity contribution < 1.29 is 19.4 Å². The van der Waals surface area contributed by atoms with Crippen LogP contribution in [0.25, 0.3) is 0 Å². The smallest absolute Gasteiger partial charge is 0.407 e. The standard InChI is InChI=1S/C14H25NO4/c1-5-14(7-6-8-14)10(9-11(16)17)15-12(18)19-13(2,3)4/h10H,5-9H2,1-4H3,(H,15,18)(H,16,17). The van der Waals surface area contributed by atoms with E-state index in [0.29, 0.717) is 0 Å². The predicted molar refractivity (Wildman–Crippen MR) is 72.0 cm³/mol. The first kappa shape index (κ1) is 15.8. The molecule has 1 unspecified atom stereocenters. The zero-order valence-corrected chi connectivity index (χ0v) is 12.3. The van der Waals surface area contributed by atoms with E-state index in [2.05, 4.69) is 5.32 Å². The van der Waals surface area contributed by atoms with Crippen LogP contribution in [0.2, 0.25) is 0 Å². The van der Waals surface area contributed by atoms with Crippen molar-refractivity contribution in [3.05, 3.63) is 0 Å². The van der Waals surface area contributed by atoms with Crippen LogP contribution in [0.5, 0.6) is 0 Å². The Bertz CT molecular complexity index is 336. The largest absolute Gasteiger partial charge is 0.481 e. The quantitative estimate of drug-likeness (QED) is 0.806. The van der Waals surface area contributed by atoms with Crippen LogP contribution in [0.15, 0.2) is 0 Å². The van der Waals surface area contributed by atoms with Crippen molar-refractivity contribution in [1.82, 2.24) is 5.32 Å². The maximum Gasteiger partial charge on any atom is 0.407 e. The van der Waals surface area contributed by atoms with Gasteiger partial charge in [-0.3, -0.25) is 4.79 Å². The van der Waals surface area contributed by atoms with Crippen molar-refractivity contribution >= 4 is 12.1 Å². The van der Waals surface area contributed by atoms with Crippen LogP contribution in [0.3, 0.4) is 0 Å². The minimum absolute atomic E-state index is 0.0485. The lowest BCUT2D eigenvalue weighted by molar-refractivity contribution is -0.139. The lowest BCUT2D eigenvalue weighted by atomic mass is 9.61. The lowest BCUT2D eigenvalue weighted by Crippen LogP contribution is -2.53. The number of alkyl carbamates (subject to hydrolysis) is 1. The molecule has 0 aromatic carbocycles. The monoisotopic (exact) mass is 271 g/mol. The van der Waals surface area contributed by atoms with Crippen LogP contribution in [0.1, 0.15) is 59.8 Å². The van der Waals surface area contributed by atoms with Gasteiger partial charge in [0.15, 0.2) is 0 Å². The van der Waals surface area contributed by atoms with Gasteiger partial charge in [-0.2, -0.15) is 0 Å². The SMILES string of the molecule is CCC1(C(CC(=O)O)NC(=O)OC(C)(C)C)CCC1. The molecule has 1 amide bonds. The van der Waals surface area contributed by atoms with Gasteiger partial charge in [0.2, 0.25) is 0 Å². The Hall–Kier alpha value is -1.26. The molecule has 1 aliphatic rings. The van der Waals surface area contributed by atoms with Gasteiger partial charge in [0, 0.05) is 6.04 Å². The number of amides is 1. The summed E-state index contributed by atoms with van der Waals surface area (Å²) in [4.78, 5) is 22.8. The fourth-order valence-electron chi connectivity index (χ4n) is 2.62. The first-order chi connectivity index (χ1) is 8.68. The van der Waals surface area contributed by atoms with E-state index < -0.39 is 17.7 Å². The van der Waals surface area contributed by atoms with Gasteiger partial charge < -0.3 is 15.2 Å². The molecule has 1 rings (SSSR count). The van der Waals surface area contributed by atoms with Crippen LogP contribution in [-0.4, -0.2) is 28.8 Å². The molecule has 19 heavy (non-hydrogen) atoms. The number of carboxylic acid groups (broad SMARTS) is 1. The van der Waals surface area contributed by atoms with Crippen LogP contribution < -0.4 is 5.32 Å². The highest BCUT2D eigenvalue weighted by molar-refractivity contribution is 5.72. The number of ether oxygens (including phenoxy) is 1. The maximum atomic E-state index is 11.8. The molecule has 1 atom stereocenters. The van der Waals surface area contributed by atoms with E-state index in [1.807, 2.05) is 6.92 Å². The molecule has 0 bridgehead atoms. The summed E-state index contributed by atoms with van der Waals surface area (Å²) in [5, 5.41) is 11.8. The van der Waals surface area contributed by atoms with Gasteiger partial charge >= 0.3 is 12.1 Å². The fraction of sp³-hybridized carbons (Fsp3) is 0.857. The molecular formula is C14H25NO4. The van der Waals surface area contributed by atoms with Gasteiger partial charge in [-0.15, -0.1) is 0 Å². The van der Waals surface area contributed by atoms with Gasteiger partial charge in [-0.05, 0) is 45.4 Å². The van der Waals surface area contributed by atoms with Gasteiger partial charge in [0.1, 0.15) is 5.60 Å². The summed E-state index contributed by atoms with van der Waals surface area (Å²) >= 11 is 0. The first-order valence-electron chi connectivity index (χ1n) is 6.90. The summed E-state index contributed by atoms with van der Waals surface area (Å²) in [6.45, 7) is 7.41. The third-order valence-corrected chi connectivity index (χ3v) is 3.86. The summed E-state index contributed by atoms with van der Waals surface area (Å²) < 4.78 is 5.22. The molecule has 0 aromatic heterocycles. The molecule has 0 spiro atoms. The average Bonchev–Trinajstić information content (AvgIpc) is 2.11. The highest BCUT2D eigenvalue weighted by atomic mass is 16.6. The van der Waals surface area contributed by atoms with Crippen LogP contribution in [0.4, 0.5) is 4.79 Å². The molecule has 0 aromatic rings. The Labute approximate surface area is 114 Å². The molecule has 0 radical (unpaired) electrons. The Morgan fingerprint density at radius 2 is 1.95 bits per heavy atom. The highest BCUT2D eigenvalue weighted by Gasteiger charge is 2.44. The lowest BCUT2D eigenvalue weighted by Gasteiger charge is -2.47. The molecule has 0 aliphatic heterocycles. The molecule has 5 nitrogen and oxygen atoms in total. The van der Waals surface area contributed by atoms with Crippen molar-refractivity contribution in [2.24, 2.45) is 5.41 Å². The van der Waals surface area contributed by atoms with Gasteiger partial charge in [0.25, 0.3) is 0 Å². The molecule has 110 valence electrons. The Morgan fingerprint density at radius 1 is 1.37 bits per heavy atom. The van der Waals surface area contributed by atoms with E-state index >= 15 is 0 Å². The number of carbonyl (C=O) groups is 2. The van der Waals surface area contributed by atoms with Crippen molar-refractivity contribution in [2.45, 2.75) is 71.4 Å². The second-order valence-electron chi connectivity index (χ2n) is 6.37. The van der Waals surface area contributed by atoms with Crippen molar-refractivity contribution in [3.8, 4) is 0 Å². The minimum Gasteiger partial charge on any atom is -0.481 e. The molecule has 1 aliphatic carbocycles. The number of rotatable bonds is 5. The summed E-state index contributed by atoms with van der Waals surface area (Å²) in [6, 6.07) is -0.349. The second kappa shape index (κ2) is 5.80. The molecule has 1 saturated carbocycles. The van der Waals surface area contributed by atoms with Crippen molar-refractivity contribution in [2.75, 3.05) is 0 Å². The number of nitrogens with one attached hydrogen (secondary N) is 1. The summed E-state index contributed by atoms with van der Waals surface area (Å²) in [7, 11) is 0. The fourth-order valence-corrected chi connectivity index (χ4v) is 2.62. The minimum atomic E-state index is -0.888. The number of carboxylic acids is 1. The van der Waals surface area contributed by atoms with Crippen LogP contribution in [0, 0.1) is 5.41 Å². The van der Waals surface area contributed by atoms with Gasteiger partial charge in [-0.25, -0.2) is 4.79 Å². The van der Waals surface area contributed by atoms with E-state index in [9.17, 15) is 9.59 Å². The van der Waals surface area contributed by atoms with Crippen LogP contribution >= 0.6 is 0 Å². The molecule has 5 heteroatoms. The molecular weight excluding hydrogens is 246 g/mol. The van der Waals surface area contributed by atoms with E-state index in [4.69, 9.17) is 9.84 Å². The third kappa shape index (κ3) is 4.40. The summed E-state index contributed by atoms with van der Waals surface area (Å²) in [5.74, 6) is -0.888. The summed E-state index contributed by atoms with van der Waals surface area (Å²) in [5.41, 5.74) is -0.647. The molecule has 1 fully saturated rings. The number of aliphatic carboxylic acids is 1. The predicted octanol–water partition coefficient (Wildman–Crippen LogP) is 2.93. The zero-order valence-electron chi connectivity index (χ0n) is 12.3. The highest BCUT2D eigenvalue weighted by Crippen LogP contribution is 2.47. The topological polar surface area (TPSA) is 75.6 Å². The first-order valence-corrected chi connectivity index (χ1v) is 6.90. The Kier molecular flexibility index (Phi) is 4.82. The zero-order chi connectivity index (χ0) is 14.7. The van der Waals surface area contributed by atoms with Crippen molar-refractivity contribution in [3.63, 3.8) is 0 Å². The molecule has 0 saturated heterocycles. The maximum absolute atomic E-state index is 11.8. The van der Waals surface area contributed by atoms with Gasteiger partial charge in [-0.1, -0.05) is 13.3 Å². The average molecular weight is 271 g/mol. The van der Waals surface area contributed by atoms with Gasteiger partial charge in [0.05, 0.1) is 6.42 Å². The molecule has 2 N–H and O–H groups in total. The normalized spacial score (nSPS) is 19.2. The Balaban J connectivity index is 2.70. The Morgan fingerprint density at radius 3 is 2.26 bits per heavy atom. The number of hydrogen-bond acceptors (Lipinski definition) is 3. The van der Waals surface area contributed by atoms with E-state index in [1.165, 1.54) is 0 Å². The van der Waals surface area contributed by atoms with E-state index in [1.54, 1.807) is 20.8 Å².